The molecule has 0 aliphatic rings. The summed E-state index contributed by atoms with van der Waals surface area (Å²) < 4.78 is 24.1. The molecule has 0 saturated heterocycles. The fourth-order valence-corrected chi connectivity index (χ4v) is 3.48. The van der Waals surface area contributed by atoms with Crippen LogP contribution < -0.4 is 5.32 Å². The molecular formula is C14H22BrNO2S. The molecule has 0 radical (unpaired) electrons. The largest absolute Gasteiger partial charge is 0.310 e. The number of rotatable bonds is 8. The Morgan fingerprint density at radius 2 is 1.95 bits per heavy atom. The summed E-state index contributed by atoms with van der Waals surface area (Å²) in [6.45, 7) is 4.63. The van der Waals surface area contributed by atoms with Crippen molar-refractivity contribution in [3.8, 4) is 0 Å². The molecule has 19 heavy (non-hydrogen) atoms. The van der Waals surface area contributed by atoms with Gasteiger partial charge in [0.2, 0.25) is 0 Å². The molecule has 0 aliphatic heterocycles. The summed E-state index contributed by atoms with van der Waals surface area (Å²) >= 11 is 3.55. The van der Waals surface area contributed by atoms with Gasteiger partial charge in [-0.1, -0.05) is 48.0 Å². The van der Waals surface area contributed by atoms with Gasteiger partial charge in [0.05, 0.1) is 5.75 Å². The summed E-state index contributed by atoms with van der Waals surface area (Å²) in [5.74, 6) is 0.504. The third-order valence-corrected chi connectivity index (χ3v) is 5.63. The van der Waals surface area contributed by atoms with Crippen LogP contribution in [0.5, 0.6) is 0 Å². The average Bonchev–Trinajstić information content (AvgIpc) is 2.38. The van der Waals surface area contributed by atoms with Gasteiger partial charge in [-0.2, -0.15) is 0 Å². The molecule has 1 aromatic carbocycles. The molecule has 1 N–H and O–H groups in total. The minimum absolute atomic E-state index is 0.202. The van der Waals surface area contributed by atoms with Crippen molar-refractivity contribution >= 4 is 25.8 Å². The van der Waals surface area contributed by atoms with Crippen molar-refractivity contribution in [3.05, 3.63) is 34.3 Å². The Morgan fingerprint density at radius 1 is 1.26 bits per heavy atom. The van der Waals surface area contributed by atoms with E-state index >= 15 is 0 Å². The second-order valence-corrected chi connectivity index (χ2v) is 7.84. The maximum absolute atomic E-state index is 11.5. The van der Waals surface area contributed by atoms with Crippen LogP contribution in [0.3, 0.4) is 0 Å². The van der Waals surface area contributed by atoms with Gasteiger partial charge >= 0.3 is 0 Å². The van der Waals surface area contributed by atoms with Crippen molar-refractivity contribution in [2.75, 3.05) is 18.1 Å². The minimum atomic E-state index is -2.86. The lowest BCUT2D eigenvalue weighted by atomic mass is 10.0. The van der Waals surface area contributed by atoms with Crippen LogP contribution in [0.15, 0.2) is 28.7 Å². The van der Waals surface area contributed by atoms with Crippen LogP contribution in [0.4, 0.5) is 0 Å². The smallest absolute Gasteiger partial charge is 0.150 e. The maximum Gasteiger partial charge on any atom is 0.150 e. The predicted molar refractivity (Wildman–Crippen MR) is 84.1 cm³/mol. The zero-order valence-corrected chi connectivity index (χ0v) is 13.9. The van der Waals surface area contributed by atoms with Crippen LogP contribution in [0, 0.1) is 0 Å². The van der Waals surface area contributed by atoms with E-state index in [9.17, 15) is 8.42 Å². The minimum Gasteiger partial charge on any atom is -0.310 e. The van der Waals surface area contributed by atoms with Gasteiger partial charge in [-0.05, 0) is 31.0 Å². The first kappa shape index (κ1) is 16.7. The summed E-state index contributed by atoms with van der Waals surface area (Å²) in [7, 11) is -2.86. The van der Waals surface area contributed by atoms with Crippen LogP contribution in [0.1, 0.15) is 38.3 Å². The fourth-order valence-electron chi connectivity index (χ4n) is 2.02. The SMILES string of the molecule is CCNC(CCCS(=O)(=O)CC)c1ccccc1Br. The number of benzene rings is 1. The molecule has 0 fully saturated rings. The standard InChI is InChI=1S/C14H22BrNO2S/c1-3-16-14(10-7-11-19(17,18)4-2)12-8-5-6-9-13(12)15/h5-6,8-9,14,16H,3-4,7,10-11H2,1-2H3. The summed E-state index contributed by atoms with van der Waals surface area (Å²) in [5.41, 5.74) is 1.19. The van der Waals surface area contributed by atoms with E-state index in [1.807, 2.05) is 18.2 Å². The molecule has 1 rings (SSSR count). The van der Waals surface area contributed by atoms with E-state index < -0.39 is 9.84 Å². The van der Waals surface area contributed by atoms with Crippen LogP contribution >= 0.6 is 15.9 Å². The van der Waals surface area contributed by atoms with Crippen molar-refractivity contribution in [3.63, 3.8) is 0 Å². The zero-order valence-electron chi connectivity index (χ0n) is 11.5. The van der Waals surface area contributed by atoms with E-state index in [1.165, 1.54) is 5.56 Å². The van der Waals surface area contributed by atoms with Gasteiger partial charge in [0, 0.05) is 16.3 Å². The molecule has 0 spiro atoms. The van der Waals surface area contributed by atoms with E-state index in [1.54, 1.807) is 6.92 Å². The molecule has 1 aromatic rings. The van der Waals surface area contributed by atoms with Crippen LogP contribution in [-0.2, 0) is 9.84 Å². The molecule has 0 bridgehead atoms. The lowest BCUT2D eigenvalue weighted by Gasteiger charge is -2.19. The number of sulfone groups is 1. The molecule has 5 heteroatoms. The normalized spacial score (nSPS) is 13.4. The summed E-state index contributed by atoms with van der Waals surface area (Å²) in [4.78, 5) is 0. The Balaban J connectivity index is 2.67. The van der Waals surface area contributed by atoms with Gasteiger partial charge in [0.15, 0.2) is 0 Å². The van der Waals surface area contributed by atoms with Crippen LogP contribution in [0.2, 0.25) is 0 Å². The second kappa shape index (κ2) is 8.02. The Morgan fingerprint density at radius 3 is 2.53 bits per heavy atom. The van der Waals surface area contributed by atoms with E-state index in [0.29, 0.717) is 6.42 Å². The highest BCUT2D eigenvalue weighted by atomic mass is 79.9. The van der Waals surface area contributed by atoms with E-state index in [-0.39, 0.29) is 17.5 Å². The van der Waals surface area contributed by atoms with Crippen LogP contribution in [-0.4, -0.2) is 26.5 Å². The van der Waals surface area contributed by atoms with Crippen molar-refractivity contribution < 1.29 is 8.42 Å². The van der Waals surface area contributed by atoms with E-state index in [2.05, 4.69) is 34.2 Å². The van der Waals surface area contributed by atoms with Crippen molar-refractivity contribution in [1.29, 1.82) is 0 Å². The van der Waals surface area contributed by atoms with Gasteiger partial charge in [-0.25, -0.2) is 8.42 Å². The molecule has 3 nitrogen and oxygen atoms in total. The first-order valence-electron chi connectivity index (χ1n) is 6.68. The highest BCUT2D eigenvalue weighted by molar-refractivity contribution is 9.10. The molecule has 0 amide bonds. The second-order valence-electron chi connectivity index (χ2n) is 4.51. The van der Waals surface area contributed by atoms with Gasteiger partial charge in [0.25, 0.3) is 0 Å². The van der Waals surface area contributed by atoms with Crippen molar-refractivity contribution in [1.82, 2.24) is 5.32 Å². The van der Waals surface area contributed by atoms with Gasteiger partial charge < -0.3 is 5.32 Å². The van der Waals surface area contributed by atoms with E-state index in [0.717, 1.165) is 17.4 Å². The summed E-state index contributed by atoms with van der Waals surface area (Å²) in [6, 6.07) is 8.28. The maximum atomic E-state index is 11.5. The molecule has 1 unspecified atom stereocenters. The Kier molecular flexibility index (Phi) is 7.04. The Bertz CT molecular complexity index is 488. The molecule has 0 aromatic heterocycles. The third-order valence-electron chi connectivity index (χ3n) is 3.12. The number of hydrogen-bond acceptors (Lipinski definition) is 3. The zero-order chi connectivity index (χ0) is 14.3. The predicted octanol–water partition coefficient (Wildman–Crippen LogP) is 3.31. The first-order valence-corrected chi connectivity index (χ1v) is 9.29. The molecule has 0 heterocycles. The highest BCUT2D eigenvalue weighted by Crippen LogP contribution is 2.26. The van der Waals surface area contributed by atoms with Crippen molar-refractivity contribution in [2.45, 2.75) is 32.7 Å². The summed E-state index contributed by atoms with van der Waals surface area (Å²) in [6.07, 6.45) is 1.52. The molecular weight excluding hydrogens is 326 g/mol. The Labute approximate surface area is 124 Å². The lowest BCUT2D eigenvalue weighted by molar-refractivity contribution is 0.505. The molecule has 0 saturated carbocycles. The van der Waals surface area contributed by atoms with E-state index in [4.69, 9.17) is 0 Å². The first-order chi connectivity index (χ1) is 9.00. The number of halogens is 1. The molecule has 0 aliphatic carbocycles. The lowest BCUT2D eigenvalue weighted by Crippen LogP contribution is -2.22. The average molecular weight is 348 g/mol. The van der Waals surface area contributed by atoms with Gasteiger partial charge in [-0.15, -0.1) is 0 Å². The monoisotopic (exact) mass is 347 g/mol. The fraction of sp³-hybridized carbons (Fsp3) is 0.571. The quantitative estimate of drug-likeness (QED) is 0.784. The van der Waals surface area contributed by atoms with Crippen LogP contribution in [0.25, 0.3) is 0 Å². The van der Waals surface area contributed by atoms with Gasteiger partial charge in [-0.3, -0.25) is 0 Å². The molecule has 108 valence electrons. The Hall–Kier alpha value is -0.390. The summed E-state index contributed by atoms with van der Waals surface area (Å²) in [5, 5.41) is 3.42. The van der Waals surface area contributed by atoms with Gasteiger partial charge in [0.1, 0.15) is 9.84 Å². The highest BCUT2D eigenvalue weighted by Gasteiger charge is 2.15. The number of hydrogen-bond donors (Lipinski definition) is 1. The number of nitrogens with one attached hydrogen (secondary N) is 1. The van der Waals surface area contributed by atoms with Crippen molar-refractivity contribution in [2.24, 2.45) is 0 Å². The third kappa shape index (κ3) is 5.63. The topological polar surface area (TPSA) is 46.2 Å². The molecule has 1 atom stereocenters.